The zero-order chi connectivity index (χ0) is 24.2. The molecule has 0 bridgehead atoms. The third-order valence-corrected chi connectivity index (χ3v) is 6.74. The summed E-state index contributed by atoms with van der Waals surface area (Å²) in [5.74, 6) is -0.579. The number of hydrogen-bond acceptors (Lipinski definition) is 4. The number of urea groups is 1. The van der Waals surface area contributed by atoms with Crippen LogP contribution in [0.15, 0.2) is 53.0 Å². The second kappa shape index (κ2) is 10.8. The third-order valence-electron chi connectivity index (χ3n) is 5.28. The monoisotopic (exact) mass is 538 g/mol. The molecule has 178 valence electrons. The highest BCUT2D eigenvalue weighted by Gasteiger charge is 2.39. The van der Waals surface area contributed by atoms with E-state index in [1.807, 2.05) is 62.4 Å². The van der Waals surface area contributed by atoms with E-state index >= 15 is 0 Å². The molecule has 0 radical (unpaired) electrons. The summed E-state index contributed by atoms with van der Waals surface area (Å²) in [5.41, 5.74) is 2.60. The fourth-order valence-electron chi connectivity index (χ4n) is 3.85. The lowest BCUT2D eigenvalue weighted by atomic mass is 9.94. The molecule has 1 aliphatic rings. The van der Waals surface area contributed by atoms with E-state index in [2.05, 4.69) is 15.9 Å². The predicted octanol–water partition coefficient (Wildman–Crippen LogP) is 4.13. The first-order valence-corrected chi connectivity index (χ1v) is 13.2. The fourth-order valence-corrected chi connectivity index (χ4v) is 5.11. The van der Waals surface area contributed by atoms with Crippen molar-refractivity contribution >= 4 is 35.5 Å². The van der Waals surface area contributed by atoms with Crippen LogP contribution in [0.1, 0.15) is 30.5 Å². The SMILES string of the molecule is CC(C)CN(CP(=O)(O)O)C(=O)N1Cc2cccc(Br)c2CC1C(=O)OCc1ccccc1. The van der Waals surface area contributed by atoms with Crippen molar-refractivity contribution in [2.75, 3.05) is 12.8 Å². The van der Waals surface area contributed by atoms with Crippen LogP contribution < -0.4 is 0 Å². The number of ether oxygens (including phenoxy) is 1. The minimum atomic E-state index is -4.50. The molecule has 3 rings (SSSR count). The molecule has 2 amide bonds. The molecule has 2 aromatic carbocycles. The summed E-state index contributed by atoms with van der Waals surface area (Å²) in [6.45, 7) is 4.06. The molecule has 0 saturated heterocycles. The lowest BCUT2D eigenvalue weighted by Crippen LogP contribution is -2.54. The molecular weight excluding hydrogens is 511 g/mol. The van der Waals surface area contributed by atoms with Gasteiger partial charge in [-0.25, -0.2) is 9.59 Å². The number of rotatable bonds is 7. The van der Waals surface area contributed by atoms with Gasteiger partial charge in [-0.3, -0.25) is 4.57 Å². The number of carbonyl (C=O) groups is 2. The quantitative estimate of drug-likeness (QED) is 0.405. The van der Waals surface area contributed by atoms with Gasteiger partial charge >= 0.3 is 19.6 Å². The number of benzene rings is 2. The Bertz CT molecular complexity index is 1040. The lowest BCUT2D eigenvalue weighted by molar-refractivity contribution is -0.151. The van der Waals surface area contributed by atoms with Crippen molar-refractivity contribution in [1.29, 1.82) is 0 Å². The van der Waals surface area contributed by atoms with Crippen molar-refractivity contribution < 1.29 is 28.7 Å². The molecule has 1 unspecified atom stereocenters. The Morgan fingerprint density at radius 3 is 2.52 bits per heavy atom. The molecule has 0 aliphatic carbocycles. The van der Waals surface area contributed by atoms with E-state index in [1.54, 1.807) is 0 Å². The average molecular weight is 539 g/mol. The van der Waals surface area contributed by atoms with Gasteiger partial charge < -0.3 is 24.3 Å². The number of esters is 1. The highest BCUT2D eigenvalue weighted by Crippen LogP contribution is 2.37. The number of nitrogens with zero attached hydrogens (tertiary/aromatic N) is 2. The summed E-state index contributed by atoms with van der Waals surface area (Å²) < 4.78 is 18.1. The van der Waals surface area contributed by atoms with Gasteiger partial charge in [0.2, 0.25) is 0 Å². The van der Waals surface area contributed by atoms with Crippen LogP contribution in [0.25, 0.3) is 0 Å². The van der Waals surface area contributed by atoms with E-state index in [4.69, 9.17) is 4.74 Å². The van der Waals surface area contributed by atoms with E-state index < -0.39 is 31.9 Å². The van der Waals surface area contributed by atoms with Gasteiger partial charge in [-0.1, -0.05) is 72.2 Å². The van der Waals surface area contributed by atoms with Gasteiger partial charge in [-0.05, 0) is 28.7 Å². The van der Waals surface area contributed by atoms with Crippen LogP contribution in [-0.4, -0.2) is 50.5 Å². The Hall–Kier alpha value is -2.19. The second-order valence-electron chi connectivity index (χ2n) is 8.52. The van der Waals surface area contributed by atoms with Gasteiger partial charge in [0.1, 0.15) is 18.9 Å². The smallest absolute Gasteiger partial charge is 0.344 e. The summed E-state index contributed by atoms with van der Waals surface area (Å²) in [5, 5.41) is 0. The second-order valence-corrected chi connectivity index (χ2v) is 11.0. The molecule has 1 heterocycles. The Kier molecular flexibility index (Phi) is 8.34. The molecule has 2 N–H and O–H groups in total. The summed E-state index contributed by atoms with van der Waals surface area (Å²) in [4.78, 5) is 48.2. The van der Waals surface area contributed by atoms with Crippen molar-refractivity contribution in [3.8, 4) is 0 Å². The van der Waals surface area contributed by atoms with Gasteiger partial charge in [-0.15, -0.1) is 0 Å². The van der Waals surface area contributed by atoms with Crippen LogP contribution >= 0.6 is 23.5 Å². The highest BCUT2D eigenvalue weighted by atomic mass is 79.9. The zero-order valence-corrected chi connectivity index (χ0v) is 21.0. The molecule has 2 aromatic rings. The maximum Gasteiger partial charge on any atom is 0.344 e. The van der Waals surface area contributed by atoms with Crippen LogP contribution in [0.3, 0.4) is 0 Å². The van der Waals surface area contributed by atoms with Crippen LogP contribution in [-0.2, 0) is 33.7 Å². The Balaban J connectivity index is 1.89. The van der Waals surface area contributed by atoms with Gasteiger partial charge in [0.25, 0.3) is 0 Å². The van der Waals surface area contributed by atoms with Crippen molar-refractivity contribution in [1.82, 2.24) is 9.80 Å². The number of amides is 2. The molecule has 0 saturated carbocycles. The minimum absolute atomic E-state index is 0.0183. The van der Waals surface area contributed by atoms with Crippen molar-refractivity contribution in [2.45, 2.75) is 39.5 Å². The molecule has 0 aromatic heterocycles. The number of fused-ring (bicyclic) bond motifs is 1. The first kappa shape index (κ1) is 25.4. The first-order valence-electron chi connectivity index (χ1n) is 10.6. The first-order chi connectivity index (χ1) is 15.5. The van der Waals surface area contributed by atoms with Gasteiger partial charge in [0, 0.05) is 24.0 Å². The molecule has 10 heteroatoms. The van der Waals surface area contributed by atoms with E-state index in [-0.39, 0.29) is 32.0 Å². The van der Waals surface area contributed by atoms with Gasteiger partial charge in [0.15, 0.2) is 0 Å². The predicted molar refractivity (Wildman–Crippen MR) is 127 cm³/mol. The number of halogens is 1. The lowest BCUT2D eigenvalue weighted by Gasteiger charge is -2.39. The largest absolute Gasteiger partial charge is 0.459 e. The van der Waals surface area contributed by atoms with E-state index in [9.17, 15) is 23.9 Å². The molecule has 8 nitrogen and oxygen atoms in total. The van der Waals surface area contributed by atoms with E-state index in [0.717, 1.165) is 26.1 Å². The van der Waals surface area contributed by atoms with Crippen molar-refractivity contribution in [3.05, 3.63) is 69.7 Å². The molecule has 1 atom stereocenters. The van der Waals surface area contributed by atoms with E-state index in [1.165, 1.54) is 4.90 Å². The van der Waals surface area contributed by atoms with Crippen LogP contribution in [0.4, 0.5) is 4.79 Å². The zero-order valence-electron chi connectivity index (χ0n) is 18.6. The van der Waals surface area contributed by atoms with E-state index in [0.29, 0.717) is 0 Å². The summed E-state index contributed by atoms with van der Waals surface area (Å²) in [7, 11) is -4.50. The Morgan fingerprint density at radius 2 is 1.88 bits per heavy atom. The molecule has 33 heavy (non-hydrogen) atoms. The topological polar surface area (TPSA) is 107 Å². The maximum atomic E-state index is 13.5. The molecular formula is C23H28BrN2O6P. The van der Waals surface area contributed by atoms with Crippen molar-refractivity contribution in [2.24, 2.45) is 5.92 Å². The molecule has 1 aliphatic heterocycles. The molecule has 0 spiro atoms. The maximum absolute atomic E-state index is 13.5. The standard InChI is InChI=1S/C23H28BrN2O6P/c1-16(2)12-25(15-33(29,30)31)23(28)26-13-18-9-6-10-20(24)19(18)11-21(26)22(27)32-14-17-7-4-3-5-8-17/h3-10,16,21H,11-15H2,1-2H3,(H2,29,30,31). The normalized spacial score (nSPS) is 15.8. The summed E-state index contributed by atoms with van der Waals surface area (Å²) in [6.07, 6.45) is -0.473. The third kappa shape index (κ3) is 6.90. The van der Waals surface area contributed by atoms with Gasteiger partial charge in [-0.2, -0.15) is 0 Å². The minimum Gasteiger partial charge on any atom is -0.459 e. The fraction of sp³-hybridized carbons (Fsp3) is 0.391. The Labute approximate surface area is 201 Å². The summed E-state index contributed by atoms with van der Waals surface area (Å²) >= 11 is 3.52. The summed E-state index contributed by atoms with van der Waals surface area (Å²) in [6, 6.07) is 13.3. The van der Waals surface area contributed by atoms with Gasteiger partial charge in [0.05, 0.1) is 0 Å². The Morgan fingerprint density at radius 1 is 1.18 bits per heavy atom. The van der Waals surface area contributed by atoms with Crippen LogP contribution in [0.5, 0.6) is 0 Å². The van der Waals surface area contributed by atoms with Crippen molar-refractivity contribution in [3.63, 3.8) is 0 Å². The number of hydrogen-bond donors (Lipinski definition) is 2. The van der Waals surface area contributed by atoms with Crippen LogP contribution in [0.2, 0.25) is 0 Å². The number of carbonyl (C=O) groups excluding carboxylic acids is 2. The molecule has 0 fully saturated rings. The average Bonchev–Trinajstić information content (AvgIpc) is 2.75. The highest BCUT2D eigenvalue weighted by molar-refractivity contribution is 9.10. The van der Waals surface area contributed by atoms with Crippen LogP contribution in [0, 0.1) is 5.92 Å².